The quantitative estimate of drug-likeness (QED) is 0.640. The maximum atomic E-state index is 14.6. The molecule has 0 spiro atoms. The lowest BCUT2D eigenvalue weighted by molar-refractivity contribution is -0.137. The van der Waals surface area contributed by atoms with Gasteiger partial charge in [-0.15, -0.1) is 0 Å². The van der Waals surface area contributed by atoms with Gasteiger partial charge < -0.3 is 10.3 Å². The molecule has 0 fully saturated rings. The van der Waals surface area contributed by atoms with Crippen LogP contribution in [0.15, 0.2) is 54.6 Å². The highest BCUT2D eigenvalue weighted by Crippen LogP contribution is 2.32. The van der Waals surface area contributed by atoms with E-state index >= 15 is 0 Å². The molecule has 1 aliphatic rings. The van der Waals surface area contributed by atoms with Crippen LogP contribution in [0.4, 0.5) is 17.6 Å². The highest BCUT2D eigenvalue weighted by atomic mass is 19.4. The number of allylic oxidation sites excluding steroid dienone is 2. The van der Waals surface area contributed by atoms with Crippen molar-refractivity contribution in [3.8, 4) is 11.4 Å². The van der Waals surface area contributed by atoms with Crippen LogP contribution in [0.3, 0.4) is 0 Å². The molecule has 1 aromatic heterocycles. The largest absolute Gasteiger partial charge is 0.416 e. The van der Waals surface area contributed by atoms with Crippen molar-refractivity contribution in [3.05, 3.63) is 71.6 Å². The molecule has 0 radical (unpaired) electrons. The Kier molecular flexibility index (Phi) is 3.79. The van der Waals surface area contributed by atoms with Gasteiger partial charge >= 0.3 is 6.18 Å². The standard InChI is InChI=1S/C19H13F4N3/c20-14-9-11(15-3-1-2-8-24-15)4-6-13(14)18-25-16-7-5-12(19(21,22)23)10-17(16)26-18/h1-7,9-10,24H,8H2,(H,25,26). The van der Waals surface area contributed by atoms with Crippen LogP contribution in [-0.4, -0.2) is 16.5 Å². The lowest BCUT2D eigenvalue weighted by Crippen LogP contribution is -2.14. The fourth-order valence-electron chi connectivity index (χ4n) is 2.85. The summed E-state index contributed by atoms with van der Waals surface area (Å²) >= 11 is 0. The second kappa shape index (κ2) is 6.01. The van der Waals surface area contributed by atoms with Crippen LogP contribution in [0.1, 0.15) is 11.1 Å². The monoisotopic (exact) mass is 359 g/mol. The van der Waals surface area contributed by atoms with Gasteiger partial charge in [0, 0.05) is 17.8 Å². The third kappa shape index (κ3) is 2.96. The Morgan fingerprint density at radius 2 is 1.88 bits per heavy atom. The van der Waals surface area contributed by atoms with Crippen molar-refractivity contribution in [2.45, 2.75) is 6.18 Å². The molecule has 0 saturated carbocycles. The number of benzene rings is 2. The smallest absolute Gasteiger partial charge is 0.381 e. The summed E-state index contributed by atoms with van der Waals surface area (Å²) in [6, 6.07) is 7.89. The Morgan fingerprint density at radius 3 is 2.58 bits per heavy atom. The number of dihydropyridines is 1. The molecule has 0 unspecified atom stereocenters. The molecule has 2 heterocycles. The van der Waals surface area contributed by atoms with Gasteiger partial charge in [0.1, 0.15) is 11.6 Å². The minimum absolute atomic E-state index is 0.189. The van der Waals surface area contributed by atoms with Crippen molar-refractivity contribution in [1.82, 2.24) is 15.3 Å². The van der Waals surface area contributed by atoms with Gasteiger partial charge in [-0.3, -0.25) is 0 Å². The summed E-state index contributed by atoms with van der Waals surface area (Å²) in [6.07, 6.45) is 1.23. The first-order chi connectivity index (χ1) is 12.4. The molecular formula is C19H13F4N3. The molecule has 3 aromatic rings. The fraction of sp³-hybridized carbons (Fsp3) is 0.105. The summed E-state index contributed by atoms with van der Waals surface area (Å²) in [5.74, 6) is -0.316. The molecule has 2 aromatic carbocycles. The fourth-order valence-corrected chi connectivity index (χ4v) is 2.85. The predicted octanol–water partition coefficient (Wildman–Crippen LogP) is 4.89. The van der Waals surface area contributed by atoms with Crippen LogP contribution in [0.5, 0.6) is 0 Å². The number of aromatic nitrogens is 2. The summed E-state index contributed by atoms with van der Waals surface area (Å²) < 4.78 is 53.0. The van der Waals surface area contributed by atoms with Gasteiger partial charge in [0.2, 0.25) is 0 Å². The van der Waals surface area contributed by atoms with Gasteiger partial charge in [0.05, 0.1) is 22.2 Å². The van der Waals surface area contributed by atoms with E-state index in [1.807, 2.05) is 18.2 Å². The van der Waals surface area contributed by atoms with Gasteiger partial charge in [-0.2, -0.15) is 13.2 Å². The first kappa shape index (κ1) is 16.4. The van der Waals surface area contributed by atoms with Crippen molar-refractivity contribution in [3.63, 3.8) is 0 Å². The Morgan fingerprint density at radius 1 is 1.04 bits per heavy atom. The number of rotatable bonds is 2. The van der Waals surface area contributed by atoms with Gasteiger partial charge in [-0.05, 0) is 36.4 Å². The number of hydrogen-bond donors (Lipinski definition) is 2. The SMILES string of the molecule is Fc1cc(C2=CC=CCN2)ccc1-c1nc2ccc(C(F)(F)F)cc2[nH]1. The lowest BCUT2D eigenvalue weighted by Gasteiger charge is -2.13. The van der Waals surface area contributed by atoms with Crippen LogP contribution < -0.4 is 5.32 Å². The molecule has 7 heteroatoms. The van der Waals surface area contributed by atoms with E-state index in [1.165, 1.54) is 12.1 Å². The highest BCUT2D eigenvalue weighted by Gasteiger charge is 2.30. The average molecular weight is 359 g/mol. The molecule has 0 aliphatic carbocycles. The van der Waals surface area contributed by atoms with Gasteiger partial charge in [0.15, 0.2) is 0 Å². The number of H-pyrrole nitrogens is 1. The maximum Gasteiger partial charge on any atom is 0.416 e. The highest BCUT2D eigenvalue weighted by molar-refractivity contribution is 5.80. The molecule has 0 amide bonds. The zero-order chi connectivity index (χ0) is 18.3. The predicted molar refractivity (Wildman–Crippen MR) is 91.6 cm³/mol. The number of imidazole rings is 1. The van der Waals surface area contributed by atoms with E-state index in [9.17, 15) is 17.6 Å². The third-order valence-corrected chi connectivity index (χ3v) is 4.15. The van der Waals surface area contributed by atoms with E-state index in [0.29, 0.717) is 17.6 Å². The van der Waals surface area contributed by atoms with Crippen molar-refractivity contribution in [2.75, 3.05) is 6.54 Å². The molecule has 0 saturated heterocycles. The maximum absolute atomic E-state index is 14.6. The summed E-state index contributed by atoms with van der Waals surface area (Å²) in [5, 5.41) is 3.14. The summed E-state index contributed by atoms with van der Waals surface area (Å²) in [4.78, 5) is 6.98. The van der Waals surface area contributed by atoms with Crippen molar-refractivity contribution in [2.24, 2.45) is 0 Å². The zero-order valence-electron chi connectivity index (χ0n) is 13.4. The minimum atomic E-state index is -4.44. The van der Waals surface area contributed by atoms with E-state index in [4.69, 9.17) is 0 Å². The molecule has 4 rings (SSSR count). The number of nitrogens with one attached hydrogen (secondary N) is 2. The first-order valence-electron chi connectivity index (χ1n) is 7.90. The molecule has 0 atom stereocenters. The minimum Gasteiger partial charge on any atom is -0.381 e. The lowest BCUT2D eigenvalue weighted by atomic mass is 10.1. The van der Waals surface area contributed by atoms with Crippen LogP contribution >= 0.6 is 0 Å². The van der Waals surface area contributed by atoms with Crippen LogP contribution in [-0.2, 0) is 6.18 Å². The van der Waals surface area contributed by atoms with Crippen molar-refractivity contribution in [1.29, 1.82) is 0 Å². The van der Waals surface area contributed by atoms with Gasteiger partial charge in [0.25, 0.3) is 0 Å². The van der Waals surface area contributed by atoms with E-state index in [1.54, 1.807) is 12.1 Å². The molecular weight excluding hydrogens is 346 g/mol. The molecule has 26 heavy (non-hydrogen) atoms. The van der Waals surface area contributed by atoms with E-state index in [0.717, 1.165) is 17.8 Å². The Hall–Kier alpha value is -3.09. The Bertz CT molecular complexity index is 1040. The number of halogens is 4. The molecule has 3 nitrogen and oxygen atoms in total. The number of nitrogens with zero attached hydrogens (tertiary/aromatic N) is 1. The van der Waals surface area contributed by atoms with Crippen LogP contribution in [0.25, 0.3) is 28.1 Å². The third-order valence-electron chi connectivity index (χ3n) is 4.15. The first-order valence-corrected chi connectivity index (χ1v) is 7.90. The normalized spacial score (nSPS) is 14.4. The Labute approximate surface area is 146 Å². The average Bonchev–Trinajstić information content (AvgIpc) is 3.04. The molecule has 0 bridgehead atoms. The van der Waals surface area contributed by atoms with Crippen molar-refractivity contribution >= 4 is 16.7 Å². The van der Waals surface area contributed by atoms with Gasteiger partial charge in [-0.25, -0.2) is 9.37 Å². The zero-order valence-corrected chi connectivity index (χ0v) is 13.4. The van der Waals surface area contributed by atoms with E-state index in [-0.39, 0.29) is 16.9 Å². The van der Waals surface area contributed by atoms with Gasteiger partial charge in [-0.1, -0.05) is 18.2 Å². The van der Waals surface area contributed by atoms with E-state index < -0.39 is 17.6 Å². The van der Waals surface area contributed by atoms with Crippen LogP contribution in [0.2, 0.25) is 0 Å². The Balaban J connectivity index is 1.73. The topological polar surface area (TPSA) is 40.7 Å². The number of hydrogen-bond acceptors (Lipinski definition) is 2. The van der Waals surface area contributed by atoms with Crippen LogP contribution in [0, 0.1) is 5.82 Å². The molecule has 2 N–H and O–H groups in total. The van der Waals surface area contributed by atoms with E-state index in [2.05, 4.69) is 15.3 Å². The summed E-state index contributed by atoms with van der Waals surface area (Å²) in [5.41, 5.74) is 1.46. The molecule has 1 aliphatic heterocycles. The summed E-state index contributed by atoms with van der Waals surface area (Å²) in [6.45, 7) is 0.667. The molecule has 132 valence electrons. The number of alkyl halides is 3. The van der Waals surface area contributed by atoms with Crippen molar-refractivity contribution < 1.29 is 17.6 Å². The second-order valence-electron chi connectivity index (χ2n) is 5.90. The second-order valence-corrected chi connectivity index (χ2v) is 5.90. The summed E-state index contributed by atoms with van der Waals surface area (Å²) in [7, 11) is 0. The number of fused-ring (bicyclic) bond motifs is 1. The number of aromatic amines is 1.